The van der Waals surface area contributed by atoms with Crippen molar-refractivity contribution in [2.75, 3.05) is 36.9 Å². The van der Waals surface area contributed by atoms with E-state index in [2.05, 4.69) is 25.7 Å². The Morgan fingerprint density at radius 1 is 1.03 bits per heavy atom. The first kappa shape index (κ1) is 21.6. The van der Waals surface area contributed by atoms with Crippen LogP contribution < -0.4 is 10.6 Å². The number of benzene rings is 2. The third-order valence-electron chi connectivity index (χ3n) is 4.99. The minimum atomic E-state index is -1.02. The van der Waals surface area contributed by atoms with Crippen LogP contribution >= 0.6 is 0 Å². The van der Waals surface area contributed by atoms with E-state index in [4.69, 9.17) is 4.74 Å². The quantitative estimate of drug-likeness (QED) is 0.546. The van der Waals surface area contributed by atoms with Crippen molar-refractivity contribution < 1.29 is 23.1 Å². The topological polar surface area (TPSA) is 99.3 Å². The van der Waals surface area contributed by atoms with Gasteiger partial charge in [0.25, 0.3) is 11.8 Å². The summed E-state index contributed by atoms with van der Waals surface area (Å²) in [6.07, 6.45) is 1.26. The first-order valence-electron chi connectivity index (χ1n) is 10.0. The molecule has 1 aliphatic rings. The molecule has 0 saturated carbocycles. The lowest BCUT2D eigenvalue weighted by Gasteiger charge is -2.26. The van der Waals surface area contributed by atoms with E-state index in [-0.39, 0.29) is 11.4 Å². The summed E-state index contributed by atoms with van der Waals surface area (Å²) in [5.41, 5.74) is 0.723. The summed E-state index contributed by atoms with van der Waals surface area (Å²) in [6, 6.07) is 10.5. The molecular weight excluding hydrogens is 420 g/mol. The molecule has 8 nitrogen and oxygen atoms in total. The summed E-state index contributed by atoms with van der Waals surface area (Å²) in [4.78, 5) is 27.3. The highest BCUT2D eigenvalue weighted by Gasteiger charge is 2.22. The number of aromatic amines is 1. The Hall–Kier alpha value is -3.63. The number of morpholine rings is 1. The zero-order valence-corrected chi connectivity index (χ0v) is 17.0. The van der Waals surface area contributed by atoms with Crippen LogP contribution in [0.25, 0.3) is 0 Å². The van der Waals surface area contributed by atoms with Gasteiger partial charge >= 0.3 is 0 Å². The van der Waals surface area contributed by atoms with Gasteiger partial charge in [0.2, 0.25) is 0 Å². The van der Waals surface area contributed by atoms with E-state index in [1.165, 1.54) is 6.20 Å². The molecule has 32 heavy (non-hydrogen) atoms. The summed E-state index contributed by atoms with van der Waals surface area (Å²) >= 11 is 0. The third kappa shape index (κ3) is 4.98. The Bertz CT molecular complexity index is 1110. The maximum absolute atomic E-state index is 13.9. The molecule has 1 fully saturated rings. The van der Waals surface area contributed by atoms with Crippen LogP contribution in [0, 0.1) is 11.6 Å². The van der Waals surface area contributed by atoms with Crippen LogP contribution in [0.1, 0.15) is 26.4 Å². The first-order valence-corrected chi connectivity index (χ1v) is 10.0. The number of aromatic nitrogens is 2. The molecule has 166 valence electrons. The molecule has 0 aliphatic carbocycles. The van der Waals surface area contributed by atoms with E-state index in [9.17, 15) is 18.4 Å². The predicted molar refractivity (Wildman–Crippen MR) is 113 cm³/mol. The Morgan fingerprint density at radius 3 is 2.50 bits per heavy atom. The average molecular weight is 441 g/mol. The molecule has 10 heteroatoms. The van der Waals surface area contributed by atoms with Gasteiger partial charge in [0.05, 0.1) is 18.9 Å². The maximum Gasteiger partial charge on any atom is 0.278 e. The van der Waals surface area contributed by atoms with Crippen molar-refractivity contribution in [3.8, 4) is 0 Å². The molecule has 0 spiro atoms. The van der Waals surface area contributed by atoms with E-state index < -0.39 is 29.0 Å². The number of anilines is 2. The van der Waals surface area contributed by atoms with Crippen LogP contribution in [0.4, 0.5) is 20.2 Å². The number of hydrogen-bond donors (Lipinski definition) is 3. The third-order valence-corrected chi connectivity index (χ3v) is 4.99. The average Bonchev–Trinajstić information content (AvgIpc) is 3.23. The van der Waals surface area contributed by atoms with E-state index in [0.717, 1.165) is 43.4 Å². The fourth-order valence-corrected chi connectivity index (χ4v) is 3.41. The van der Waals surface area contributed by atoms with Gasteiger partial charge in [-0.3, -0.25) is 19.6 Å². The largest absolute Gasteiger partial charge is 0.379 e. The van der Waals surface area contributed by atoms with Gasteiger partial charge in [-0.1, -0.05) is 18.2 Å². The van der Waals surface area contributed by atoms with Crippen molar-refractivity contribution in [1.82, 2.24) is 15.1 Å². The van der Waals surface area contributed by atoms with Gasteiger partial charge in [-0.25, -0.2) is 8.78 Å². The van der Waals surface area contributed by atoms with E-state index >= 15 is 0 Å². The number of nitrogens with one attached hydrogen (secondary N) is 3. The molecule has 2 aromatic carbocycles. The van der Waals surface area contributed by atoms with Gasteiger partial charge in [-0.2, -0.15) is 5.10 Å². The zero-order valence-electron chi connectivity index (χ0n) is 17.0. The molecule has 2 heterocycles. The number of amides is 2. The highest BCUT2D eigenvalue weighted by molar-refractivity contribution is 6.11. The predicted octanol–water partition coefficient (Wildman–Crippen LogP) is 3.02. The SMILES string of the molecule is O=C(Nc1cccc(CN2CCOCC2)c1)c1n[nH]cc1NC(=O)c1c(F)cccc1F. The Morgan fingerprint density at radius 2 is 1.75 bits per heavy atom. The van der Waals surface area contributed by atoms with Gasteiger partial charge < -0.3 is 15.4 Å². The van der Waals surface area contributed by atoms with Crippen LogP contribution in [0.5, 0.6) is 0 Å². The number of carbonyl (C=O) groups is 2. The highest BCUT2D eigenvalue weighted by atomic mass is 19.1. The number of H-pyrrole nitrogens is 1. The summed E-state index contributed by atoms with van der Waals surface area (Å²) in [5.74, 6) is -3.62. The molecular formula is C22H21F2N5O3. The second kappa shape index (κ2) is 9.67. The van der Waals surface area contributed by atoms with Crippen molar-refractivity contribution >= 4 is 23.2 Å². The van der Waals surface area contributed by atoms with E-state index in [1.807, 2.05) is 18.2 Å². The molecule has 0 atom stereocenters. The molecule has 3 N–H and O–H groups in total. The monoisotopic (exact) mass is 441 g/mol. The molecule has 0 unspecified atom stereocenters. The molecule has 4 rings (SSSR count). The molecule has 1 aliphatic heterocycles. The van der Waals surface area contributed by atoms with Crippen LogP contribution in [0.2, 0.25) is 0 Å². The standard InChI is InChI=1S/C22H21F2N5O3/c23-16-5-2-6-17(24)19(16)21(30)27-18-12-25-28-20(18)22(31)26-15-4-1-3-14(11-15)13-29-7-9-32-10-8-29/h1-6,11-12H,7-10,13H2,(H,25,28)(H,26,31)(H,27,30). The Labute approximate surface area is 182 Å². The molecule has 0 bridgehead atoms. The Balaban J connectivity index is 1.44. The van der Waals surface area contributed by atoms with Crippen molar-refractivity contribution in [2.45, 2.75) is 6.54 Å². The van der Waals surface area contributed by atoms with Crippen molar-refractivity contribution in [3.63, 3.8) is 0 Å². The minimum absolute atomic E-state index is 0.000348. The number of hydrogen-bond acceptors (Lipinski definition) is 5. The van der Waals surface area contributed by atoms with Crippen LogP contribution in [-0.2, 0) is 11.3 Å². The summed E-state index contributed by atoms with van der Waals surface area (Å²) in [6.45, 7) is 3.80. The number of carbonyl (C=O) groups excluding carboxylic acids is 2. The lowest BCUT2D eigenvalue weighted by molar-refractivity contribution is 0.0342. The summed E-state index contributed by atoms with van der Waals surface area (Å²) in [5, 5.41) is 11.4. The van der Waals surface area contributed by atoms with Crippen LogP contribution in [0.3, 0.4) is 0 Å². The Kier molecular flexibility index (Phi) is 6.52. The fraction of sp³-hybridized carbons (Fsp3) is 0.227. The summed E-state index contributed by atoms with van der Waals surface area (Å²) < 4.78 is 33.1. The second-order valence-electron chi connectivity index (χ2n) is 7.24. The molecule has 3 aromatic rings. The van der Waals surface area contributed by atoms with Gasteiger partial charge in [0, 0.05) is 31.5 Å². The smallest absolute Gasteiger partial charge is 0.278 e. The number of rotatable bonds is 6. The lowest BCUT2D eigenvalue weighted by atomic mass is 10.1. The number of halogens is 2. The van der Waals surface area contributed by atoms with Gasteiger partial charge in [-0.05, 0) is 29.8 Å². The van der Waals surface area contributed by atoms with Crippen molar-refractivity contribution in [2.24, 2.45) is 0 Å². The van der Waals surface area contributed by atoms with E-state index in [0.29, 0.717) is 18.9 Å². The number of ether oxygens (including phenoxy) is 1. The van der Waals surface area contributed by atoms with Gasteiger partial charge in [-0.15, -0.1) is 0 Å². The zero-order chi connectivity index (χ0) is 22.5. The second-order valence-corrected chi connectivity index (χ2v) is 7.24. The normalized spacial score (nSPS) is 14.2. The highest BCUT2D eigenvalue weighted by Crippen LogP contribution is 2.19. The fourth-order valence-electron chi connectivity index (χ4n) is 3.41. The summed E-state index contributed by atoms with van der Waals surface area (Å²) in [7, 11) is 0. The minimum Gasteiger partial charge on any atom is -0.379 e. The van der Waals surface area contributed by atoms with Gasteiger partial charge in [0.1, 0.15) is 17.2 Å². The van der Waals surface area contributed by atoms with Crippen LogP contribution in [-0.4, -0.2) is 53.2 Å². The molecule has 0 radical (unpaired) electrons. The maximum atomic E-state index is 13.9. The van der Waals surface area contributed by atoms with E-state index in [1.54, 1.807) is 6.07 Å². The van der Waals surface area contributed by atoms with Crippen molar-refractivity contribution in [1.29, 1.82) is 0 Å². The molecule has 2 amide bonds. The lowest BCUT2D eigenvalue weighted by Crippen LogP contribution is -2.35. The first-order chi connectivity index (χ1) is 15.5. The molecule has 1 saturated heterocycles. The molecule has 1 aromatic heterocycles. The van der Waals surface area contributed by atoms with Crippen molar-refractivity contribution in [3.05, 3.63) is 77.1 Å². The van der Waals surface area contributed by atoms with Gasteiger partial charge in [0.15, 0.2) is 5.69 Å². The number of nitrogens with zero attached hydrogens (tertiary/aromatic N) is 2. The van der Waals surface area contributed by atoms with Crippen LogP contribution in [0.15, 0.2) is 48.7 Å².